The predicted molar refractivity (Wildman–Crippen MR) is 110 cm³/mol. The third-order valence-electron chi connectivity index (χ3n) is 7.78. The number of aromatic nitrogens is 1. The second-order valence-corrected chi connectivity index (χ2v) is 9.64. The molecular formula is C22H31N5O2. The minimum absolute atomic E-state index is 0.00860. The van der Waals surface area contributed by atoms with E-state index in [0.29, 0.717) is 11.4 Å². The lowest BCUT2D eigenvalue weighted by molar-refractivity contribution is -0.139. The molecule has 2 amide bonds. The first-order valence-electron chi connectivity index (χ1n) is 11.0. The van der Waals surface area contributed by atoms with Crippen LogP contribution in [0.25, 0.3) is 0 Å². The Morgan fingerprint density at radius 2 is 2.17 bits per heavy atom. The number of likely N-dealkylation sites (tertiary alicyclic amines) is 1. The number of carbonyl (C=O) groups is 2. The molecule has 3 aliphatic carbocycles. The fourth-order valence-electron chi connectivity index (χ4n) is 6.19. The van der Waals surface area contributed by atoms with Gasteiger partial charge in [0.1, 0.15) is 11.5 Å². The van der Waals surface area contributed by atoms with E-state index in [9.17, 15) is 9.59 Å². The summed E-state index contributed by atoms with van der Waals surface area (Å²) in [7, 11) is 0. The number of amides is 2. The Bertz CT molecular complexity index is 823. The van der Waals surface area contributed by atoms with Crippen LogP contribution in [0.15, 0.2) is 18.3 Å². The van der Waals surface area contributed by atoms with Crippen LogP contribution < -0.4 is 16.0 Å². The van der Waals surface area contributed by atoms with Crippen LogP contribution in [0.2, 0.25) is 0 Å². The van der Waals surface area contributed by atoms with Gasteiger partial charge in [0.2, 0.25) is 5.91 Å². The normalized spacial score (nSPS) is 35.8. The molecule has 1 aromatic heterocycles. The number of anilines is 1. The molecule has 2 aliphatic heterocycles. The Balaban J connectivity index is 1.28. The zero-order valence-electron chi connectivity index (χ0n) is 17.2. The summed E-state index contributed by atoms with van der Waals surface area (Å²) in [6, 6.07) is 3.59. The summed E-state index contributed by atoms with van der Waals surface area (Å²) >= 11 is 0. The van der Waals surface area contributed by atoms with E-state index < -0.39 is 5.66 Å². The lowest BCUT2D eigenvalue weighted by atomic mass is 9.51. The molecule has 1 aromatic rings. The number of nitrogens with zero attached hydrogens (tertiary/aromatic N) is 2. The number of fused-ring (bicyclic) bond motifs is 3. The first-order valence-corrected chi connectivity index (χ1v) is 11.0. The molecule has 0 radical (unpaired) electrons. The average Bonchev–Trinajstić information content (AvgIpc) is 3.21. The zero-order chi connectivity index (χ0) is 20.1. The molecule has 1 spiro atoms. The standard InChI is InChI=1S/C22H31N5O2/c1-21-7-6-15(13-17(21)20(29)24-9-12-27-10-2-3-11-27)22(14-21)25-18-16(19(28)26-22)5-4-8-23-18/h4-5,8,15,17H,2-3,6-7,9-14H2,1H3,(H,23,25)(H,24,29)(H,26,28)/t15-,17+,21-,22-/m0/s1. The Morgan fingerprint density at radius 1 is 1.34 bits per heavy atom. The summed E-state index contributed by atoms with van der Waals surface area (Å²) in [4.78, 5) is 32.6. The maximum atomic E-state index is 13.1. The van der Waals surface area contributed by atoms with E-state index in [0.717, 1.165) is 51.9 Å². The molecule has 3 heterocycles. The number of hydrogen-bond acceptors (Lipinski definition) is 5. The monoisotopic (exact) mass is 397 g/mol. The molecule has 3 N–H and O–H groups in total. The van der Waals surface area contributed by atoms with Gasteiger partial charge in [-0.1, -0.05) is 6.92 Å². The van der Waals surface area contributed by atoms with Crippen molar-refractivity contribution >= 4 is 17.6 Å². The fourth-order valence-corrected chi connectivity index (χ4v) is 6.19. The molecule has 2 bridgehead atoms. The molecule has 4 fully saturated rings. The quantitative estimate of drug-likeness (QED) is 0.723. The first-order chi connectivity index (χ1) is 14.0. The number of pyridine rings is 1. The average molecular weight is 398 g/mol. The molecule has 29 heavy (non-hydrogen) atoms. The molecule has 7 heteroatoms. The number of nitrogens with one attached hydrogen (secondary N) is 3. The highest BCUT2D eigenvalue weighted by molar-refractivity contribution is 6.01. The van der Waals surface area contributed by atoms with Crippen LogP contribution in [0.1, 0.15) is 55.8 Å². The van der Waals surface area contributed by atoms with Gasteiger partial charge in [0, 0.05) is 31.1 Å². The topological polar surface area (TPSA) is 86.4 Å². The van der Waals surface area contributed by atoms with E-state index in [1.165, 1.54) is 12.8 Å². The summed E-state index contributed by atoms with van der Waals surface area (Å²) in [5.41, 5.74) is -0.0162. The molecule has 5 aliphatic rings. The van der Waals surface area contributed by atoms with Crippen LogP contribution in [0, 0.1) is 17.3 Å². The van der Waals surface area contributed by atoms with Gasteiger partial charge in [0.15, 0.2) is 0 Å². The van der Waals surface area contributed by atoms with Crippen LogP contribution in [0.3, 0.4) is 0 Å². The number of carbonyl (C=O) groups excluding carboxylic acids is 2. The molecule has 6 rings (SSSR count). The van der Waals surface area contributed by atoms with Crippen molar-refractivity contribution in [1.29, 1.82) is 0 Å². The van der Waals surface area contributed by atoms with Crippen molar-refractivity contribution in [3.8, 4) is 0 Å². The molecule has 1 saturated heterocycles. The van der Waals surface area contributed by atoms with Gasteiger partial charge in [-0.25, -0.2) is 4.98 Å². The largest absolute Gasteiger partial charge is 0.355 e. The predicted octanol–water partition coefficient (Wildman–Crippen LogP) is 1.97. The van der Waals surface area contributed by atoms with Gasteiger partial charge in [-0.2, -0.15) is 0 Å². The van der Waals surface area contributed by atoms with Gasteiger partial charge >= 0.3 is 0 Å². The van der Waals surface area contributed by atoms with Crippen molar-refractivity contribution in [2.75, 3.05) is 31.5 Å². The second-order valence-electron chi connectivity index (χ2n) is 9.64. The third-order valence-corrected chi connectivity index (χ3v) is 7.78. The summed E-state index contributed by atoms with van der Waals surface area (Å²) in [6.07, 6.45) is 7.87. The smallest absolute Gasteiger partial charge is 0.256 e. The van der Waals surface area contributed by atoms with Crippen molar-refractivity contribution < 1.29 is 9.59 Å². The Morgan fingerprint density at radius 3 is 2.97 bits per heavy atom. The number of rotatable bonds is 4. The minimum Gasteiger partial charge on any atom is -0.355 e. The van der Waals surface area contributed by atoms with Gasteiger partial charge in [0.05, 0.1) is 5.56 Å². The van der Waals surface area contributed by atoms with E-state index in [1.807, 2.05) is 0 Å². The molecule has 0 aromatic carbocycles. The zero-order valence-corrected chi connectivity index (χ0v) is 17.2. The van der Waals surface area contributed by atoms with Crippen LogP contribution in [0.4, 0.5) is 5.82 Å². The highest BCUT2D eigenvalue weighted by Crippen LogP contribution is 2.58. The summed E-state index contributed by atoms with van der Waals surface area (Å²) in [5, 5.41) is 10.0. The van der Waals surface area contributed by atoms with Gasteiger partial charge in [0.25, 0.3) is 5.91 Å². The first kappa shape index (κ1) is 18.9. The maximum Gasteiger partial charge on any atom is 0.256 e. The summed E-state index contributed by atoms with van der Waals surface area (Å²) in [5.74, 6) is 1.03. The Labute approximate surface area is 172 Å². The molecule has 4 atom stereocenters. The lowest BCUT2D eigenvalue weighted by Gasteiger charge is -2.60. The number of hydrogen-bond donors (Lipinski definition) is 3. The van der Waals surface area contributed by atoms with E-state index in [1.54, 1.807) is 18.3 Å². The lowest BCUT2D eigenvalue weighted by Crippen LogP contribution is -2.70. The van der Waals surface area contributed by atoms with Crippen molar-refractivity contribution in [1.82, 2.24) is 20.5 Å². The Hall–Kier alpha value is -2.15. The molecule has 156 valence electrons. The highest BCUT2D eigenvalue weighted by Gasteiger charge is 2.60. The van der Waals surface area contributed by atoms with E-state index in [4.69, 9.17) is 0 Å². The van der Waals surface area contributed by atoms with Gasteiger partial charge in [-0.15, -0.1) is 0 Å². The summed E-state index contributed by atoms with van der Waals surface area (Å²) in [6.45, 7) is 6.21. The Kier molecular flexibility index (Phi) is 4.53. The SMILES string of the molecule is C[C@@]12CC[C@@H](C[C@@H]1C(=O)NCCN1CCCC1)[C@]1(C2)NC(=O)c2cccnc2N1. The maximum absolute atomic E-state index is 13.1. The molecule has 0 unspecified atom stereocenters. The van der Waals surface area contributed by atoms with Crippen LogP contribution in [-0.2, 0) is 4.79 Å². The van der Waals surface area contributed by atoms with Crippen molar-refractivity contribution in [2.45, 2.75) is 51.1 Å². The van der Waals surface area contributed by atoms with Crippen molar-refractivity contribution in [3.63, 3.8) is 0 Å². The molecular weight excluding hydrogens is 366 g/mol. The molecule has 3 saturated carbocycles. The minimum atomic E-state index is -0.488. The van der Waals surface area contributed by atoms with Gasteiger partial charge in [-0.3, -0.25) is 9.59 Å². The van der Waals surface area contributed by atoms with Crippen LogP contribution in [-0.4, -0.2) is 53.5 Å². The van der Waals surface area contributed by atoms with E-state index >= 15 is 0 Å². The van der Waals surface area contributed by atoms with Gasteiger partial charge < -0.3 is 20.9 Å². The third kappa shape index (κ3) is 3.19. The highest BCUT2D eigenvalue weighted by atomic mass is 16.2. The van der Waals surface area contributed by atoms with Crippen molar-refractivity contribution in [2.24, 2.45) is 17.3 Å². The van der Waals surface area contributed by atoms with Crippen molar-refractivity contribution in [3.05, 3.63) is 23.9 Å². The van der Waals surface area contributed by atoms with Gasteiger partial charge in [-0.05, 0) is 69.2 Å². The van der Waals surface area contributed by atoms with Crippen LogP contribution in [0.5, 0.6) is 0 Å². The van der Waals surface area contributed by atoms with Crippen LogP contribution >= 0.6 is 0 Å². The fraction of sp³-hybridized carbons (Fsp3) is 0.682. The van der Waals surface area contributed by atoms with E-state index in [2.05, 4.69) is 32.8 Å². The van der Waals surface area contributed by atoms with E-state index in [-0.39, 0.29) is 29.1 Å². The summed E-state index contributed by atoms with van der Waals surface area (Å²) < 4.78 is 0. The second kappa shape index (κ2) is 6.97. The molecule has 7 nitrogen and oxygen atoms in total.